The Bertz CT molecular complexity index is 328. The fraction of sp³-hybridized carbons (Fsp3) is 0.300. The van der Waals surface area contributed by atoms with Gasteiger partial charge in [-0.3, -0.25) is 4.79 Å². The van der Waals surface area contributed by atoms with Crippen LogP contribution in [0.3, 0.4) is 0 Å². The summed E-state index contributed by atoms with van der Waals surface area (Å²) in [5.74, 6) is 0.738. The maximum Gasteiger partial charge on any atom is 0.253 e. The van der Waals surface area contributed by atoms with Crippen molar-refractivity contribution in [3.05, 3.63) is 35.4 Å². The third-order valence-electron chi connectivity index (χ3n) is 1.80. The van der Waals surface area contributed by atoms with Crippen molar-refractivity contribution in [3.8, 4) is 0 Å². The van der Waals surface area contributed by atoms with Gasteiger partial charge in [-0.05, 0) is 28.4 Å². The zero-order valence-corrected chi connectivity index (χ0v) is 9.73. The lowest BCUT2D eigenvalue weighted by molar-refractivity contribution is 0.0827. The molecule has 1 rings (SSSR count). The van der Waals surface area contributed by atoms with E-state index in [1.54, 1.807) is 19.0 Å². The van der Waals surface area contributed by atoms with Crippen molar-refractivity contribution in [2.75, 3.05) is 14.1 Å². The summed E-state index contributed by atoms with van der Waals surface area (Å²) >= 11 is 0. The molecule has 0 saturated heterocycles. The van der Waals surface area contributed by atoms with Crippen molar-refractivity contribution < 1.29 is 4.79 Å². The van der Waals surface area contributed by atoms with Crippen molar-refractivity contribution in [1.82, 2.24) is 4.90 Å². The highest BCUT2D eigenvalue weighted by atomic mass is 35.7. The minimum atomic E-state index is 0.0198. The molecule has 0 atom stereocenters. The van der Waals surface area contributed by atoms with Crippen molar-refractivity contribution in [2.24, 2.45) is 0 Å². The second kappa shape index (κ2) is 5.27. The Kier molecular flexibility index (Phi) is 4.29. The summed E-state index contributed by atoms with van der Waals surface area (Å²) in [6.45, 7) is 0. The van der Waals surface area contributed by atoms with Crippen LogP contribution in [0.4, 0.5) is 0 Å². The third kappa shape index (κ3) is 2.93. The van der Waals surface area contributed by atoms with Crippen LogP contribution in [0.25, 0.3) is 0 Å². The first-order chi connectivity index (χ1) is 6.65. The summed E-state index contributed by atoms with van der Waals surface area (Å²) in [6.07, 6.45) is 0. The number of halogens is 1. The number of nitrogens with zero attached hydrogens (tertiary/aromatic N) is 1. The van der Waals surface area contributed by atoms with Crippen LogP contribution in [0.15, 0.2) is 24.3 Å². The molecule has 0 aromatic heterocycles. The number of amides is 1. The Labute approximate surface area is 92.7 Å². The maximum absolute atomic E-state index is 11.6. The molecule has 4 heteroatoms. The molecule has 0 aliphatic carbocycles. The monoisotopic (exact) mass is 229 g/mol. The van der Waals surface area contributed by atoms with Gasteiger partial charge in [0, 0.05) is 25.4 Å². The first-order valence-corrected chi connectivity index (χ1v) is 6.00. The number of hydrogen-bond acceptors (Lipinski definition) is 2. The molecule has 0 heterocycles. The first kappa shape index (κ1) is 11.4. The van der Waals surface area contributed by atoms with Gasteiger partial charge >= 0.3 is 0 Å². The highest BCUT2D eigenvalue weighted by Gasteiger charge is 2.07. The molecular formula is C10H12ClNOS. The van der Waals surface area contributed by atoms with Crippen LogP contribution in [0.1, 0.15) is 15.9 Å². The lowest BCUT2D eigenvalue weighted by Crippen LogP contribution is -2.21. The van der Waals surface area contributed by atoms with Gasteiger partial charge in [0.05, 0.1) is 0 Å². The van der Waals surface area contributed by atoms with Gasteiger partial charge in [-0.25, -0.2) is 0 Å². The van der Waals surface area contributed by atoms with E-state index in [0.29, 0.717) is 5.56 Å². The first-order valence-electron chi connectivity index (χ1n) is 4.19. The number of carbonyl (C=O) groups excluding carboxylic acids is 1. The van der Waals surface area contributed by atoms with Crippen LogP contribution < -0.4 is 0 Å². The fourth-order valence-corrected chi connectivity index (χ4v) is 1.80. The topological polar surface area (TPSA) is 20.3 Å². The van der Waals surface area contributed by atoms with Crippen LogP contribution in [0, 0.1) is 0 Å². The molecule has 0 aliphatic rings. The van der Waals surface area contributed by atoms with E-state index in [4.69, 9.17) is 10.7 Å². The minimum Gasteiger partial charge on any atom is -0.345 e. The molecule has 0 spiro atoms. The normalized spacial score (nSPS) is 9.93. The second-order valence-electron chi connectivity index (χ2n) is 3.15. The van der Waals surface area contributed by atoms with Crippen LogP contribution in [0.2, 0.25) is 0 Å². The lowest BCUT2D eigenvalue weighted by atomic mass is 10.1. The van der Waals surface area contributed by atoms with E-state index < -0.39 is 0 Å². The average molecular weight is 230 g/mol. The molecule has 0 saturated carbocycles. The average Bonchev–Trinajstić information content (AvgIpc) is 2.17. The van der Waals surface area contributed by atoms with E-state index in [1.165, 1.54) is 11.0 Å². The Hall–Kier alpha value is -0.670. The molecule has 14 heavy (non-hydrogen) atoms. The van der Waals surface area contributed by atoms with Crippen molar-refractivity contribution in [2.45, 2.75) is 5.75 Å². The minimum absolute atomic E-state index is 0.0198. The lowest BCUT2D eigenvalue weighted by Gasteiger charge is -2.10. The zero-order chi connectivity index (χ0) is 10.6. The molecule has 0 radical (unpaired) electrons. The molecule has 2 nitrogen and oxygen atoms in total. The Balaban J connectivity index is 2.88. The molecule has 0 unspecified atom stereocenters. The molecule has 1 aromatic carbocycles. The quantitative estimate of drug-likeness (QED) is 0.795. The van der Waals surface area contributed by atoms with Crippen molar-refractivity contribution >= 4 is 27.6 Å². The van der Waals surface area contributed by atoms with Gasteiger partial charge in [0.15, 0.2) is 0 Å². The predicted molar refractivity (Wildman–Crippen MR) is 61.6 cm³/mol. The molecule has 0 aliphatic heterocycles. The van der Waals surface area contributed by atoms with E-state index >= 15 is 0 Å². The van der Waals surface area contributed by atoms with E-state index in [2.05, 4.69) is 0 Å². The van der Waals surface area contributed by atoms with Gasteiger partial charge < -0.3 is 4.90 Å². The van der Waals surface area contributed by atoms with Crippen molar-refractivity contribution in [3.63, 3.8) is 0 Å². The molecule has 1 amide bonds. The van der Waals surface area contributed by atoms with Gasteiger partial charge in [0.2, 0.25) is 0 Å². The van der Waals surface area contributed by atoms with Crippen LogP contribution in [0.5, 0.6) is 0 Å². The highest BCUT2D eigenvalue weighted by molar-refractivity contribution is 8.20. The van der Waals surface area contributed by atoms with Crippen molar-refractivity contribution in [1.29, 1.82) is 0 Å². The van der Waals surface area contributed by atoms with E-state index in [1.807, 2.05) is 24.3 Å². The van der Waals surface area contributed by atoms with E-state index in [9.17, 15) is 4.79 Å². The number of rotatable bonds is 3. The number of carbonyl (C=O) groups is 1. The summed E-state index contributed by atoms with van der Waals surface area (Å²) in [5, 5.41) is 0. The van der Waals surface area contributed by atoms with Gasteiger partial charge in [-0.1, -0.05) is 23.1 Å². The standard InChI is InChI=1S/C10H12ClNOS/c1-12(2)10(13)9-5-3-4-8(6-9)7-14-11/h3-6H,7H2,1-2H3. The van der Waals surface area contributed by atoms with Gasteiger partial charge in [-0.2, -0.15) is 0 Å². The third-order valence-corrected chi connectivity index (χ3v) is 2.57. The number of hydrogen-bond donors (Lipinski definition) is 0. The Morgan fingerprint density at radius 2 is 2.21 bits per heavy atom. The van der Waals surface area contributed by atoms with Gasteiger partial charge in [0.1, 0.15) is 0 Å². The maximum atomic E-state index is 11.6. The summed E-state index contributed by atoms with van der Waals surface area (Å²) in [6, 6.07) is 7.52. The van der Waals surface area contributed by atoms with Gasteiger partial charge in [0.25, 0.3) is 5.91 Å². The smallest absolute Gasteiger partial charge is 0.253 e. The second-order valence-corrected chi connectivity index (χ2v) is 4.31. The molecular weight excluding hydrogens is 218 g/mol. The Morgan fingerprint density at radius 1 is 1.50 bits per heavy atom. The summed E-state index contributed by atoms with van der Waals surface area (Å²) in [7, 11) is 10.3. The van der Waals surface area contributed by atoms with Gasteiger partial charge in [-0.15, -0.1) is 0 Å². The molecule has 76 valence electrons. The van der Waals surface area contributed by atoms with Crippen LogP contribution in [-0.4, -0.2) is 24.9 Å². The van der Waals surface area contributed by atoms with Crippen LogP contribution >= 0.6 is 21.7 Å². The Morgan fingerprint density at radius 3 is 2.79 bits per heavy atom. The molecule has 0 N–H and O–H groups in total. The predicted octanol–water partition coefficient (Wildman–Crippen LogP) is 2.78. The zero-order valence-electron chi connectivity index (χ0n) is 8.16. The fourth-order valence-electron chi connectivity index (χ4n) is 1.12. The van der Waals surface area contributed by atoms with E-state index in [-0.39, 0.29) is 5.91 Å². The van der Waals surface area contributed by atoms with Crippen LogP contribution in [-0.2, 0) is 5.75 Å². The highest BCUT2D eigenvalue weighted by Crippen LogP contribution is 2.16. The molecule has 0 fully saturated rings. The molecule has 1 aromatic rings. The largest absolute Gasteiger partial charge is 0.345 e. The summed E-state index contributed by atoms with van der Waals surface area (Å²) < 4.78 is 0. The SMILES string of the molecule is CN(C)C(=O)c1cccc(CSCl)c1. The summed E-state index contributed by atoms with van der Waals surface area (Å²) in [5.41, 5.74) is 1.77. The summed E-state index contributed by atoms with van der Waals surface area (Å²) in [4.78, 5) is 13.1. The van der Waals surface area contributed by atoms with E-state index in [0.717, 1.165) is 11.3 Å². The molecule has 0 bridgehead atoms. The number of benzene rings is 1.